The van der Waals surface area contributed by atoms with Crippen LogP contribution in [0.4, 0.5) is 0 Å². The Bertz CT molecular complexity index is 750. The van der Waals surface area contributed by atoms with E-state index in [4.69, 9.17) is 11.6 Å². The zero-order valence-electron chi connectivity index (χ0n) is 12.3. The predicted octanol–water partition coefficient (Wildman–Crippen LogP) is 3.98. The molecule has 0 radical (unpaired) electrons. The van der Waals surface area contributed by atoms with Gasteiger partial charge in [0, 0.05) is 42.1 Å². The van der Waals surface area contributed by atoms with Crippen LogP contribution >= 0.6 is 23.4 Å². The van der Waals surface area contributed by atoms with Gasteiger partial charge in [0.25, 0.3) is 0 Å². The molecule has 0 atom stereocenters. The van der Waals surface area contributed by atoms with Crippen LogP contribution < -0.4 is 0 Å². The van der Waals surface area contributed by atoms with Gasteiger partial charge < -0.3 is 0 Å². The van der Waals surface area contributed by atoms with Gasteiger partial charge in [0.1, 0.15) is 0 Å². The van der Waals surface area contributed by atoms with E-state index in [1.165, 1.54) is 5.56 Å². The Kier molecular flexibility index (Phi) is 4.85. The number of benzene rings is 1. The Labute approximate surface area is 139 Å². The van der Waals surface area contributed by atoms with E-state index in [2.05, 4.69) is 20.8 Å². The molecule has 0 amide bonds. The molecule has 0 unspecified atom stereocenters. The lowest BCUT2D eigenvalue weighted by Crippen LogP contribution is -1.96. The molecule has 0 aliphatic heterocycles. The van der Waals surface area contributed by atoms with Crippen molar-refractivity contribution in [1.82, 2.24) is 19.3 Å². The zero-order chi connectivity index (χ0) is 15.4. The van der Waals surface area contributed by atoms with Gasteiger partial charge >= 0.3 is 0 Å². The fourth-order valence-corrected chi connectivity index (χ4v) is 3.36. The maximum absolute atomic E-state index is 6.06. The summed E-state index contributed by atoms with van der Waals surface area (Å²) in [6, 6.07) is 7.81. The van der Waals surface area contributed by atoms with Crippen molar-refractivity contribution in [1.29, 1.82) is 0 Å². The normalized spacial score (nSPS) is 11.0. The van der Waals surface area contributed by atoms with E-state index in [9.17, 15) is 0 Å². The maximum atomic E-state index is 6.06. The summed E-state index contributed by atoms with van der Waals surface area (Å²) in [6.07, 6.45) is 9.92. The van der Waals surface area contributed by atoms with E-state index in [0.29, 0.717) is 0 Å². The number of imidazole rings is 1. The third-order valence-corrected chi connectivity index (χ3v) is 4.58. The van der Waals surface area contributed by atoms with E-state index >= 15 is 0 Å². The molecule has 0 saturated heterocycles. The minimum Gasteiger partial charge on any atom is -0.295 e. The summed E-state index contributed by atoms with van der Waals surface area (Å²) in [5.74, 6) is 1.02. The molecule has 22 heavy (non-hydrogen) atoms. The van der Waals surface area contributed by atoms with Crippen molar-refractivity contribution in [3.05, 3.63) is 59.6 Å². The molecule has 2 aromatic heterocycles. The average molecular weight is 333 g/mol. The second-order valence-electron chi connectivity index (χ2n) is 5.03. The zero-order valence-corrected chi connectivity index (χ0v) is 13.9. The molecule has 0 spiro atoms. The number of aryl methyl sites for hydroxylation is 2. The van der Waals surface area contributed by atoms with Crippen LogP contribution in [0.25, 0.3) is 5.69 Å². The van der Waals surface area contributed by atoms with Gasteiger partial charge in [0.05, 0.1) is 6.20 Å². The lowest BCUT2D eigenvalue weighted by Gasteiger charge is -2.07. The van der Waals surface area contributed by atoms with Crippen LogP contribution in [0.2, 0.25) is 5.02 Å². The molecule has 0 aliphatic carbocycles. The van der Waals surface area contributed by atoms with E-state index in [1.807, 2.05) is 54.6 Å². The van der Waals surface area contributed by atoms with Crippen molar-refractivity contribution in [2.75, 3.05) is 5.75 Å². The number of halogens is 1. The highest BCUT2D eigenvalue weighted by molar-refractivity contribution is 7.99. The van der Waals surface area contributed by atoms with E-state index in [1.54, 1.807) is 11.8 Å². The number of nitrogens with zero attached hydrogens (tertiary/aromatic N) is 4. The van der Waals surface area contributed by atoms with Gasteiger partial charge in [0.15, 0.2) is 5.16 Å². The van der Waals surface area contributed by atoms with Gasteiger partial charge in [-0.1, -0.05) is 29.4 Å². The number of thioether (sulfide) groups is 1. The summed E-state index contributed by atoms with van der Waals surface area (Å²) in [6.45, 7) is 0. The third-order valence-electron chi connectivity index (χ3n) is 3.29. The highest BCUT2D eigenvalue weighted by Gasteiger charge is 2.06. The minimum absolute atomic E-state index is 0.735. The highest BCUT2D eigenvalue weighted by Crippen LogP contribution is 2.23. The molecule has 4 nitrogen and oxygen atoms in total. The lowest BCUT2D eigenvalue weighted by molar-refractivity contribution is 0.766. The molecule has 1 aromatic carbocycles. The number of hydrogen-bond donors (Lipinski definition) is 0. The SMILES string of the molecule is Cn1cc(CCCSc2nccn2-c2cccc(Cl)c2)cn1. The van der Waals surface area contributed by atoms with Gasteiger partial charge in [-0.05, 0) is 36.6 Å². The van der Waals surface area contributed by atoms with Gasteiger partial charge in [-0.25, -0.2) is 4.98 Å². The van der Waals surface area contributed by atoms with Gasteiger partial charge in [-0.15, -0.1) is 0 Å². The van der Waals surface area contributed by atoms with Crippen LogP contribution in [0.15, 0.2) is 54.2 Å². The van der Waals surface area contributed by atoms with Crippen molar-refractivity contribution >= 4 is 23.4 Å². The summed E-state index contributed by atoms with van der Waals surface area (Å²) in [7, 11) is 1.94. The first-order chi connectivity index (χ1) is 10.7. The average Bonchev–Trinajstić information content (AvgIpc) is 3.12. The quantitative estimate of drug-likeness (QED) is 0.506. The molecule has 0 aliphatic rings. The van der Waals surface area contributed by atoms with Gasteiger partial charge in [0.2, 0.25) is 0 Å². The fourth-order valence-electron chi connectivity index (χ4n) is 2.26. The molecule has 2 heterocycles. The Morgan fingerprint density at radius 1 is 1.32 bits per heavy atom. The van der Waals surface area contributed by atoms with Crippen molar-refractivity contribution in [3.63, 3.8) is 0 Å². The number of hydrogen-bond acceptors (Lipinski definition) is 3. The highest BCUT2D eigenvalue weighted by atomic mass is 35.5. The van der Waals surface area contributed by atoms with Crippen LogP contribution in [0.5, 0.6) is 0 Å². The topological polar surface area (TPSA) is 35.6 Å². The first kappa shape index (κ1) is 15.2. The van der Waals surface area contributed by atoms with E-state index in [0.717, 1.165) is 34.5 Å². The minimum atomic E-state index is 0.735. The van der Waals surface area contributed by atoms with Gasteiger partial charge in [-0.2, -0.15) is 5.10 Å². The molecular weight excluding hydrogens is 316 g/mol. The Morgan fingerprint density at radius 2 is 2.23 bits per heavy atom. The first-order valence-corrected chi connectivity index (χ1v) is 8.48. The fraction of sp³-hybridized carbons (Fsp3) is 0.250. The van der Waals surface area contributed by atoms with Crippen molar-refractivity contribution in [2.45, 2.75) is 18.0 Å². The third kappa shape index (κ3) is 3.72. The maximum Gasteiger partial charge on any atom is 0.172 e. The van der Waals surface area contributed by atoms with E-state index < -0.39 is 0 Å². The summed E-state index contributed by atoms with van der Waals surface area (Å²) in [5.41, 5.74) is 2.32. The molecule has 0 fully saturated rings. The van der Waals surface area contributed by atoms with Crippen LogP contribution in [0.3, 0.4) is 0 Å². The van der Waals surface area contributed by atoms with Crippen LogP contribution in [-0.2, 0) is 13.5 Å². The summed E-state index contributed by atoms with van der Waals surface area (Å²) in [4.78, 5) is 4.44. The van der Waals surface area contributed by atoms with Gasteiger partial charge in [-0.3, -0.25) is 9.25 Å². The Morgan fingerprint density at radius 3 is 3.00 bits per heavy atom. The van der Waals surface area contributed by atoms with Crippen LogP contribution in [0.1, 0.15) is 12.0 Å². The van der Waals surface area contributed by atoms with Crippen molar-refractivity contribution in [3.8, 4) is 5.69 Å². The van der Waals surface area contributed by atoms with E-state index in [-0.39, 0.29) is 0 Å². The Balaban J connectivity index is 1.58. The van der Waals surface area contributed by atoms with Crippen LogP contribution in [-0.4, -0.2) is 25.1 Å². The first-order valence-electron chi connectivity index (χ1n) is 7.12. The predicted molar refractivity (Wildman–Crippen MR) is 90.8 cm³/mol. The van der Waals surface area contributed by atoms with Crippen LogP contribution in [0, 0.1) is 0 Å². The summed E-state index contributed by atoms with van der Waals surface area (Å²) in [5, 5.41) is 5.92. The smallest absolute Gasteiger partial charge is 0.172 e. The molecular formula is C16H17ClN4S. The monoisotopic (exact) mass is 332 g/mol. The second-order valence-corrected chi connectivity index (χ2v) is 6.53. The standard InChI is InChI=1S/C16H17ClN4S/c1-20-12-13(11-19-20)4-3-9-22-16-18-7-8-21(16)15-6-2-5-14(17)10-15/h2,5-8,10-12H,3-4,9H2,1H3. The number of rotatable bonds is 6. The van der Waals surface area contributed by atoms with Crippen molar-refractivity contribution in [2.24, 2.45) is 7.05 Å². The molecule has 6 heteroatoms. The molecule has 0 bridgehead atoms. The Hall–Kier alpha value is -1.72. The molecule has 3 rings (SSSR count). The molecule has 0 N–H and O–H groups in total. The lowest BCUT2D eigenvalue weighted by atomic mass is 10.2. The summed E-state index contributed by atoms with van der Waals surface area (Å²) >= 11 is 7.82. The van der Waals surface area contributed by atoms with Crippen molar-refractivity contribution < 1.29 is 0 Å². The second kappa shape index (κ2) is 7.03. The number of aromatic nitrogens is 4. The summed E-state index contributed by atoms with van der Waals surface area (Å²) < 4.78 is 3.91. The molecule has 0 saturated carbocycles. The molecule has 3 aromatic rings. The largest absolute Gasteiger partial charge is 0.295 e. The molecule has 114 valence electrons.